The SMILES string of the molecule is Cc1oc2[nH]c(=O)n(-c3ccccc3)c(=O)c2c1C(=O)NCc1ccc(F)c(Cl)c1. The van der Waals surface area contributed by atoms with E-state index in [1.54, 1.807) is 30.3 Å². The van der Waals surface area contributed by atoms with Crippen LogP contribution in [0, 0.1) is 12.7 Å². The van der Waals surface area contributed by atoms with Crippen molar-refractivity contribution in [2.45, 2.75) is 13.5 Å². The molecule has 152 valence electrons. The summed E-state index contributed by atoms with van der Waals surface area (Å²) in [4.78, 5) is 40.8. The van der Waals surface area contributed by atoms with Crippen LogP contribution >= 0.6 is 11.6 Å². The molecule has 0 unspecified atom stereocenters. The Balaban J connectivity index is 1.76. The van der Waals surface area contributed by atoms with Gasteiger partial charge >= 0.3 is 5.69 Å². The minimum atomic E-state index is -0.680. The first-order valence-corrected chi connectivity index (χ1v) is 9.30. The van der Waals surface area contributed by atoms with Crippen LogP contribution in [0.3, 0.4) is 0 Å². The van der Waals surface area contributed by atoms with Gasteiger partial charge in [-0.05, 0) is 36.8 Å². The number of rotatable bonds is 4. The standard InChI is InChI=1S/C21H15ClFN3O4/c1-11-16(18(27)24-10-12-7-8-15(23)14(22)9-12)17-19(30-11)25-21(29)26(20(17)28)13-5-3-2-4-6-13/h2-9H,10H2,1H3,(H,24,27)(H,25,29). The number of amides is 1. The Morgan fingerprint density at radius 1 is 1.20 bits per heavy atom. The van der Waals surface area contributed by atoms with E-state index < -0.39 is 23.0 Å². The van der Waals surface area contributed by atoms with Gasteiger partial charge in [0.25, 0.3) is 11.5 Å². The summed E-state index contributed by atoms with van der Waals surface area (Å²) in [5.41, 5.74) is -0.479. The van der Waals surface area contributed by atoms with Gasteiger partial charge in [-0.3, -0.25) is 14.6 Å². The van der Waals surface area contributed by atoms with Gasteiger partial charge in [-0.25, -0.2) is 13.8 Å². The maximum absolute atomic E-state index is 13.3. The first-order valence-electron chi connectivity index (χ1n) is 8.93. The van der Waals surface area contributed by atoms with Gasteiger partial charge < -0.3 is 9.73 Å². The highest BCUT2D eigenvalue weighted by Crippen LogP contribution is 2.21. The number of halogens is 2. The Bertz CT molecular complexity index is 1390. The fourth-order valence-corrected chi connectivity index (χ4v) is 3.40. The Hall–Kier alpha value is -3.65. The quantitative estimate of drug-likeness (QED) is 0.522. The van der Waals surface area contributed by atoms with E-state index in [0.717, 1.165) is 4.57 Å². The van der Waals surface area contributed by atoms with Crippen molar-refractivity contribution in [3.63, 3.8) is 0 Å². The van der Waals surface area contributed by atoms with Gasteiger partial charge in [0.05, 0.1) is 16.3 Å². The highest BCUT2D eigenvalue weighted by Gasteiger charge is 2.24. The number of H-pyrrole nitrogens is 1. The zero-order valence-corrected chi connectivity index (χ0v) is 16.4. The summed E-state index contributed by atoms with van der Waals surface area (Å²) in [6.45, 7) is 1.58. The second-order valence-corrected chi connectivity index (χ2v) is 6.98. The van der Waals surface area contributed by atoms with Gasteiger partial charge in [0.15, 0.2) is 0 Å². The number of fused-ring (bicyclic) bond motifs is 1. The van der Waals surface area contributed by atoms with Crippen molar-refractivity contribution < 1.29 is 13.6 Å². The molecule has 0 spiro atoms. The molecular formula is C21H15ClFN3O4. The highest BCUT2D eigenvalue weighted by atomic mass is 35.5. The predicted octanol–water partition coefficient (Wildman–Crippen LogP) is 3.30. The van der Waals surface area contributed by atoms with Crippen molar-refractivity contribution in [1.29, 1.82) is 0 Å². The molecule has 4 aromatic rings. The summed E-state index contributed by atoms with van der Waals surface area (Å²) >= 11 is 5.76. The van der Waals surface area contributed by atoms with Gasteiger partial charge in [0.1, 0.15) is 17.0 Å². The summed E-state index contributed by atoms with van der Waals surface area (Å²) < 4.78 is 19.7. The maximum Gasteiger partial charge on any atom is 0.335 e. The Morgan fingerprint density at radius 2 is 1.93 bits per heavy atom. The van der Waals surface area contributed by atoms with Gasteiger partial charge in [0.2, 0.25) is 5.71 Å². The van der Waals surface area contributed by atoms with Crippen molar-refractivity contribution in [2.24, 2.45) is 0 Å². The number of carbonyl (C=O) groups is 1. The average molecular weight is 428 g/mol. The Kier molecular flexibility index (Phi) is 5.01. The smallest absolute Gasteiger partial charge is 0.335 e. The van der Waals surface area contributed by atoms with Gasteiger partial charge in [-0.1, -0.05) is 35.9 Å². The molecule has 9 heteroatoms. The van der Waals surface area contributed by atoms with Crippen LogP contribution in [-0.2, 0) is 6.54 Å². The van der Waals surface area contributed by atoms with Crippen LogP contribution in [0.2, 0.25) is 5.02 Å². The van der Waals surface area contributed by atoms with Gasteiger partial charge in [-0.15, -0.1) is 0 Å². The molecule has 7 nitrogen and oxygen atoms in total. The summed E-state index contributed by atoms with van der Waals surface area (Å²) in [5, 5.41) is 2.57. The molecule has 0 aliphatic rings. The van der Waals surface area contributed by atoms with Crippen molar-refractivity contribution >= 4 is 28.6 Å². The topological polar surface area (TPSA) is 97.1 Å². The number of hydrogen-bond acceptors (Lipinski definition) is 4. The molecule has 0 saturated heterocycles. The predicted molar refractivity (Wildman–Crippen MR) is 110 cm³/mol. The minimum absolute atomic E-state index is 0.0177. The molecule has 1 amide bonds. The van der Waals surface area contributed by atoms with Crippen LogP contribution in [0.4, 0.5) is 4.39 Å². The largest absolute Gasteiger partial charge is 0.444 e. The van der Waals surface area contributed by atoms with E-state index in [0.29, 0.717) is 11.3 Å². The molecule has 2 aromatic heterocycles. The fourth-order valence-electron chi connectivity index (χ4n) is 3.20. The molecule has 4 rings (SSSR count). The van der Waals surface area contributed by atoms with Gasteiger partial charge in [0, 0.05) is 6.54 Å². The third kappa shape index (κ3) is 3.42. The van der Waals surface area contributed by atoms with E-state index >= 15 is 0 Å². The molecule has 0 aliphatic heterocycles. The van der Waals surface area contributed by atoms with Crippen LogP contribution in [0.25, 0.3) is 16.8 Å². The van der Waals surface area contributed by atoms with Crippen molar-refractivity contribution in [3.05, 3.63) is 97.1 Å². The number of benzene rings is 2. The van der Waals surface area contributed by atoms with Crippen LogP contribution < -0.4 is 16.6 Å². The van der Waals surface area contributed by atoms with Crippen molar-refractivity contribution in [3.8, 4) is 5.69 Å². The van der Waals surface area contributed by atoms with Crippen LogP contribution in [0.1, 0.15) is 21.7 Å². The molecule has 0 fully saturated rings. The highest BCUT2D eigenvalue weighted by molar-refractivity contribution is 6.30. The molecule has 2 heterocycles. The molecule has 0 aliphatic carbocycles. The Morgan fingerprint density at radius 3 is 2.63 bits per heavy atom. The van der Waals surface area contributed by atoms with Crippen LogP contribution in [-0.4, -0.2) is 15.5 Å². The van der Waals surface area contributed by atoms with Crippen LogP contribution in [0.15, 0.2) is 62.5 Å². The zero-order chi connectivity index (χ0) is 21.4. The summed E-state index contributed by atoms with van der Waals surface area (Å²) in [6, 6.07) is 12.4. The summed E-state index contributed by atoms with van der Waals surface area (Å²) in [5.74, 6) is -0.956. The first-order chi connectivity index (χ1) is 14.4. The number of nitrogens with zero attached hydrogens (tertiary/aromatic N) is 1. The van der Waals surface area contributed by atoms with E-state index in [2.05, 4.69) is 10.3 Å². The molecule has 0 radical (unpaired) electrons. The molecular weight excluding hydrogens is 413 g/mol. The molecule has 2 aromatic carbocycles. The third-order valence-corrected chi connectivity index (χ3v) is 4.89. The zero-order valence-electron chi connectivity index (χ0n) is 15.7. The number of para-hydroxylation sites is 1. The normalized spacial score (nSPS) is 11.0. The van der Waals surface area contributed by atoms with E-state index in [1.807, 2.05) is 0 Å². The van der Waals surface area contributed by atoms with Crippen molar-refractivity contribution in [1.82, 2.24) is 14.9 Å². The number of nitrogens with one attached hydrogen (secondary N) is 2. The molecule has 2 N–H and O–H groups in total. The van der Waals surface area contributed by atoms with E-state index in [9.17, 15) is 18.8 Å². The number of furan rings is 1. The number of hydrogen-bond donors (Lipinski definition) is 2. The van der Waals surface area contributed by atoms with Crippen LogP contribution in [0.5, 0.6) is 0 Å². The number of carbonyl (C=O) groups excluding carboxylic acids is 1. The molecule has 0 bridgehead atoms. The first kappa shape index (κ1) is 19.7. The lowest BCUT2D eigenvalue weighted by Crippen LogP contribution is -2.34. The second kappa shape index (κ2) is 7.64. The molecule has 0 saturated carbocycles. The van der Waals surface area contributed by atoms with Gasteiger partial charge in [-0.2, -0.15) is 0 Å². The minimum Gasteiger partial charge on any atom is -0.444 e. The van der Waals surface area contributed by atoms with E-state index in [-0.39, 0.29) is 34.0 Å². The number of aromatic amines is 1. The van der Waals surface area contributed by atoms with E-state index in [1.165, 1.54) is 25.1 Å². The lowest BCUT2D eigenvalue weighted by Gasteiger charge is -2.07. The fraction of sp³-hybridized carbons (Fsp3) is 0.0952. The molecule has 30 heavy (non-hydrogen) atoms. The summed E-state index contributed by atoms with van der Waals surface area (Å²) in [7, 11) is 0. The maximum atomic E-state index is 13.3. The number of aryl methyl sites for hydroxylation is 1. The molecule has 0 atom stereocenters. The van der Waals surface area contributed by atoms with E-state index in [4.69, 9.17) is 16.0 Å². The average Bonchev–Trinajstić information content (AvgIpc) is 3.05. The van der Waals surface area contributed by atoms with Crippen molar-refractivity contribution in [2.75, 3.05) is 0 Å². The Labute approximate surface area is 173 Å². The third-order valence-electron chi connectivity index (χ3n) is 4.60. The number of aromatic nitrogens is 2. The summed E-state index contributed by atoms with van der Waals surface area (Å²) in [6.07, 6.45) is 0. The lowest BCUT2D eigenvalue weighted by atomic mass is 10.1. The second-order valence-electron chi connectivity index (χ2n) is 6.57. The monoisotopic (exact) mass is 427 g/mol. The lowest BCUT2D eigenvalue weighted by molar-refractivity contribution is 0.0950.